The Hall–Kier alpha value is -2.83. The van der Waals surface area contributed by atoms with E-state index in [4.69, 9.17) is 9.47 Å². The number of aryl methyl sites for hydroxylation is 1. The third-order valence-corrected chi connectivity index (χ3v) is 8.37. The number of amides is 1. The van der Waals surface area contributed by atoms with Crippen molar-refractivity contribution in [2.75, 3.05) is 37.7 Å². The summed E-state index contributed by atoms with van der Waals surface area (Å²) in [5.41, 5.74) is 2.03. The van der Waals surface area contributed by atoms with Crippen LogP contribution in [0.25, 0.3) is 0 Å². The van der Waals surface area contributed by atoms with Gasteiger partial charge in [0.05, 0.1) is 32.8 Å². The molecule has 3 saturated heterocycles. The van der Waals surface area contributed by atoms with Crippen molar-refractivity contribution < 1.29 is 18.8 Å². The third-order valence-electron chi connectivity index (χ3n) is 7.51. The number of rotatable bonds is 9. The van der Waals surface area contributed by atoms with E-state index in [1.165, 1.54) is 13.1 Å². The maximum absolute atomic E-state index is 13.5. The molecule has 4 heterocycles. The monoisotopic (exact) mass is 491 g/mol. The Labute approximate surface area is 212 Å². The van der Waals surface area contributed by atoms with Gasteiger partial charge in [-0.15, -0.1) is 11.3 Å². The van der Waals surface area contributed by atoms with Gasteiger partial charge in [0.2, 0.25) is 0 Å². The van der Waals surface area contributed by atoms with E-state index in [1.807, 2.05) is 48.5 Å². The first-order valence-corrected chi connectivity index (χ1v) is 13.6. The third kappa shape index (κ3) is 5.88. The summed E-state index contributed by atoms with van der Waals surface area (Å²) in [6.45, 7) is 7.67. The van der Waals surface area contributed by atoms with E-state index < -0.39 is 0 Å². The van der Waals surface area contributed by atoms with Crippen molar-refractivity contribution in [2.24, 2.45) is 5.92 Å². The highest BCUT2D eigenvalue weighted by atomic mass is 32.1. The molecule has 0 saturated carbocycles. The van der Waals surface area contributed by atoms with Crippen LogP contribution in [0.3, 0.4) is 0 Å². The van der Waals surface area contributed by atoms with Gasteiger partial charge in [-0.1, -0.05) is 36.4 Å². The Balaban J connectivity index is 1.22. The fourth-order valence-corrected chi connectivity index (χ4v) is 6.28. The molecule has 1 amide bonds. The predicted molar refractivity (Wildman–Crippen MR) is 141 cm³/mol. The second kappa shape index (κ2) is 10.8. The summed E-state index contributed by atoms with van der Waals surface area (Å²) < 4.78 is 13.2. The van der Waals surface area contributed by atoms with Crippen LogP contribution in [0.4, 0.5) is 10.5 Å². The molecule has 0 N–H and O–H groups in total. The summed E-state index contributed by atoms with van der Waals surface area (Å²) in [6, 6.07) is 22.3. The highest BCUT2D eigenvalue weighted by Gasteiger charge is 2.47. The van der Waals surface area contributed by atoms with Crippen molar-refractivity contribution in [3.63, 3.8) is 0 Å². The van der Waals surface area contributed by atoms with Crippen LogP contribution in [0.5, 0.6) is 5.75 Å². The molecule has 3 aliphatic heterocycles. The first kappa shape index (κ1) is 23.9. The molecule has 1 atom stereocenters. The number of piperidine rings is 3. The molecule has 2 bridgehead atoms. The standard InChI is InChI=1S/C29H35N2O3S/c1-23-8-5-9-25(20-23)30(21-27-12-6-19-35-27)29(32)34-28-22-31(16-13-24(28)14-17-31)15-7-18-33-26-10-3-2-4-11-26/h2-6,8-12,19-20,24,28H,7,13-18,21-22H2,1H3/q+1. The van der Waals surface area contributed by atoms with Crippen LogP contribution >= 0.6 is 11.3 Å². The quantitative estimate of drug-likeness (QED) is 0.261. The number of hydrogen-bond donors (Lipinski definition) is 0. The molecule has 184 valence electrons. The van der Waals surface area contributed by atoms with Gasteiger partial charge in [-0.25, -0.2) is 4.79 Å². The Morgan fingerprint density at radius 3 is 2.63 bits per heavy atom. The van der Waals surface area contributed by atoms with Gasteiger partial charge in [-0.2, -0.15) is 0 Å². The number of nitrogens with zero attached hydrogens (tertiary/aromatic N) is 2. The van der Waals surface area contributed by atoms with Gasteiger partial charge in [0.15, 0.2) is 6.10 Å². The minimum atomic E-state index is -0.228. The lowest BCUT2D eigenvalue weighted by molar-refractivity contribution is -0.946. The number of hydrogen-bond acceptors (Lipinski definition) is 4. The number of thiophene rings is 1. The zero-order valence-electron chi connectivity index (χ0n) is 20.5. The van der Waals surface area contributed by atoms with Crippen LogP contribution < -0.4 is 9.64 Å². The van der Waals surface area contributed by atoms with E-state index in [0.29, 0.717) is 12.5 Å². The molecule has 5 nitrogen and oxygen atoms in total. The Morgan fingerprint density at radius 2 is 1.89 bits per heavy atom. The summed E-state index contributed by atoms with van der Waals surface area (Å²) >= 11 is 1.67. The molecular formula is C29H35N2O3S+. The highest BCUT2D eigenvalue weighted by Crippen LogP contribution is 2.36. The lowest BCUT2D eigenvalue weighted by atomic mass is 9.83. The zero-order chi connectivity index (χ0) is 24.1. The molecule has 0 aliphatic carbocycles. The molecule has 35 heavy (non-hydrogen) atoms. The van der Waals surface area contributed by atoms with Crippen molar-refractivity contribution in [3.05, 3.63) is 82.6 Å². The van der Waals surface area contributed by atoms with Crippen molar-refractivity contribution >= 4 is 23.1 Å². The van der Waals surface area contributed by atoms with E-state index in [1.54, 1.807) is 16.2 Å². The Kier molecular flexibility index (Phi) is 7.40. The minimum Gasteiger partial charge on any atom is -0.493 e. The van der Waals surface area contributed by atoms with Crippen molar-refractivity contribution in [2.45, 2.75) is 38.8 Å². The van der Waals surface area contributed by atoms with Crippen molar-refractivity contribution in [1.29, 1.82) is 0 Å². The molecule has 1 unspecified atom stereocenters. The Morgan fingerprint density at radius 1 is 1.06 bits per heavy atom. The lowest BCUT2D eigenvalue weighted by Crippen LogP contribution is -2.65. The van der Waals surface area contributed by atoms with E-state index in [-0.39, 0.29) is 12.2 Å². The predicted octanol–water partition coefficient (Wildman–Crippen LogP) is 6.28. The average Bonchev–Trinajstić information content (AvgIpc) is 3.40. The van der Waals surface area contributed by atoms with Crippen LogP contribution in [0.1, 0.15) is 29.7 Å². The van der Waals surface area contributed by atoms with Gasteiger partial charge in [0, 0.05) is 35.7 Å². The van der Waals surface area contributed by atoms with Gasteiger partial charge in [0.1, 0.15) is 12.3 Å². The molecule has 6 heteroatoms. The van der Waals surface area contributed by atoms with Gasteiger partial charge in [-0.05, 0) is 48.2 Å². The van der Waals surface area contributed by atoms with E-state index in [2.05, 4.69) is 30.5 Å². The molecule has 0 spiro atoms. The topological polar surface area (TPSA) is 38.8 Å². The molecule has 3 aromatic rings. The smallest absolute Gasteiger partial charge is 0.415 e. The van der Waals surface area contributed by atoms with Crippen LogP contribution in [-0.4, -0.2) is 49.5 Å². The molecule has 3 aliphatic rings. The molecule has 6 rings (SSSR count). The summed E-state index contributed by atoms with van der Waals surface area (Å²) in [6.07, 6.45) is 3.03. The van der Waals surface area contributed by atoms with Crippen LogP contribution in [0, 0.1) is 12.8 Å². The summed E-state index contributed by atoms with van der Waals surface area (Å²) in [7, 11) is 0. The van der Waals surface area contributed by atoms with E-state index in [0.717, 1.165) is 65.3 Å². The van der Waals surface area contributed by atoms with Crippen molar-refractivity contribution in [3.8, 4) is 5.75 Å². The minimum absolute atomic E-state index is 0.0179. The van der Waals surface area contributed by atoms with E-state index in [9.17, 15) is 4.79 Å². The van der Waals surface area contributed by atoms with Gasteiger partial charge in [-0.3, -0.25) is 4.90 Å². The lowest BCUT2D eigenvalue weighted by Gasteiger charge is -2.52. The maximum Gasteiger partial charge on any atom is 0.415 e. The maximum atomic E-state index is 13.5. The number of para-hydroxylation sites is 1. The van der Waals surface area contributed by atoms with Gasteiger partial charge in [0.25, 0.3) is 0 Å². The number of quaternary nitrogens is 1. The fourth-order valence-electron chi connectivity index (χ4n) is 5.58. The second-order valence-corrected chi connectivity index (χ2v) is 11.0. The van der Waals surface area contributed by atoms with Crippen LogP contribution in [-0.2, 0) is 11.3 Å². The molecule has 3 fully saturated rings. The van der Waals surface area contributed by atoms with E-state index >= 15 is 0 Å². The fraction of sp³-hybridized carbons (Fsp3) is 0.414. The summed E-state index contributed by atoms with van der Waals surface area (Å²) in [5.74, 6) is 1.40. The number of carbonyl (C=O) groups excluding carboxylic acids is 1. The summed E-state index contributed by atoms with van der Waals surface area (Å²) in [4.78, 5) is 16.5. The normalized spacial score (nSPS) is 23.1. The second-order valence-electron chi connectivity index (χ2n) is 9.97. The number of ether oxygens (including phenoxy) is 2. The molecule has 2 aromatic carbocycles. The molecular weight excluding hydrogens is 456 g/mol. The highest BCUT2D eigenvalue weighted by molar-refractivity contribution is 7.09. The van der Waals surface area contributed by atoms with Gasteiger partial charge < -0.3 is 14.0 Å². The number of fused-ring (bicyclic) bond motifs is 3. The van der Waals surface area contributed by atoms with Crippen LogP contribution in [0.2, 0.25) is 0 Å². The number of carbonyl (C=O) groups is 1. The van der Waals surface area contributed by atoms with Crippen LogP contribution in [0.15, 0.2) is 72.1 Å². The summed E-state index contributed by atoms with van der Waals surface area (Å²) in [5, 5.41) is 2.05. The first-order chi connectivity index (χ1) is 17.1. The number of benzene rings is 2. The SMILES string of the molecule is Cc1cccc(N(Cc2cccs2)C(=O)OC2C[N+]3(CCCOc4ccccc4)CCC2CC3)c1. The average molecular weight is 492 g/mol. The Bertz CT molecular complexity index is 1090. The largest absolute Gasteiger partial charge is 0.493 e. The van der Waals surface area contributed by atoms with Gasteiger partial charge >= 0.3 is 6.09 Å². The number of anilines is 1. The molecule has 0 radical (unpaired) electrons. The molecule has 1 aromatic heterocycles. The zero-order valence-corrected chi connectivity index (χ0v) is 21.3. The first-order valence-electron chi connectivity index (χ1n) is 12.7. The van der Waals surface area contributed by atoms with Crippen molar-refractivity contribution in [1.82, 2.24) is 0 Å².